The van der Waals surface area contributed by atoms with Crippen molar-refractivity contribution in [1.82, 2.24) is 9.88 Å². The first kappa shape index (κ1) is 28.1. The van der Waals surface area contributed by atoms with Crippen molar-refractivity contribution < 1.29 is 36.6 Å². The van der Waals surface area contributed by atoms with E-state index in [1.165, 1.54) is 30.3 Å². The molecule has 5 nitrogen and oxygen atoms in total. The van der Waals surface area contributed by atoms with E-state index in [0.717, 1.165) is 29.8 Å². The molecule has 0 saturated heterocycles. The molecule has 0 radical (unpaired) electrons. The average Bonchev–Trinajstić information content (AvgIpc) is 3.65. The lowest BCUT2D eigenvalue weighted by Gasteiger charge is -2.20. The molecule has 10 heteroatoms. The summed E-state index contributed by atoms with van der Waals surface area (Å²) in [6.07, 6.45) is -1.49. The number of halogens is 5. The van der Waals surface area contributed by atoms with Crippen molar-refractivity contribution in [1.29, 1.82) is 0 Å². The molecule has 1 heterocycles. The van der Waals surface area contributed by atoms with Crippen LogP contribution >= 0.6 is 0 Å². The highest BCUT2D eigenvalue weighted by Gasteiger charge is 2.46. The second kappa shape index (κ2) is 10.4. The number of fused-ring (bicyclic) bond motifs is 1. The fourth-order valence-electron chi connectivity index (χ4n) is 5.38. The second-order valence-electron chi connectivity index (χ2n) is 10.6. The molecule has 218 valence electrons. The van der Waals surface area contributed by atoms with Gasteiger partial charge in [0.05, 0.1) is 27.7 Å². The summed E-state index contributed by atoms with van der Waals surface area (Å²) in [7, 11) is 0. The Morgan fingerprint density at radius 1 is 0.860 bits per heavy atom. The SMILES string of the molecule is O=C(O)c1ccc(C2(NC(=O)c3ccc(-c4ccc(F)c(F)c4)c4ccn(Cc5ccc(C(F)(F)F)cc5)c34)CC2)cc1. The van der Waals surface area contributed by atoms with Crippen LogP contribution in [0.25, 0.3) is 22.0 Å². The van der Waals surface area contributed by atoms with Gasteiger partial charge < -0.3 is 15.0 Å². The number of alkyl halides is 3. The summed E-state index contributed by atoms with van der Waals surface area (Å²) in [5, 5.41) is 12.9. The Morgan fingerprint density at radius 2 is 1.56 bits per heavy atom. The average molecular weight is 591 g/mol. The van der Waals surface area contributed by atoms with Crippen LogP contribution in [-0.2, 0) is 18.3 Å². The van der Waals surface area contributed by atoms with Gasteiger partial charge in [0.15, 0.2) is 11.6 Å². The van der Waals surface area contributed by atoms with Gasteiger partial charge in [-0.15, -0.1) is 0 Å². The van der Waals surface area contributed by atoms with Gasteiger partial charge in [0.1, 0.15) is 0 Å². The molecule has 0 bridgehead atoms. The standard InChI is InChI=1S/C33H23F5N2O3/c34-27-12-5-21(17-28(27)35)24-10-11-26(30(41)39-32(14-15-32)22-8-3-20(4-9-22)31(42)43)29-25(24)13-16-40(29)18-19-1-6-23(7-2-19)33(36,37)38/h1-13,16-17H,14-15,18H2,(H,39,41)(H,42,43). The summed E-state index contributed by atoms with van der Waals surface area (Å²) >= 11 is 0. The van der Waals surface area contributed by atoms with Crippen LogP contribution in [0.15, 0.2) is 91.1 Å². The maximum atomic E-state index is 14.1. The first-order valence-electron chi connectivity index (χ1n) is 13.3. The van der Waals surface area contributed by atoms with Crippen LogP contribution in [0.3, 0.4) is 0 Å². The van der Waals surface area contributed by atoms with E-state index >= 15 is 0 Å². The largest absolute Gasteiger partial charge is 0.478 e. The van der Waals surface area contributed by atoms with Gasteiger partial charge in [-0.05, 0) is 83.6 Å². The predicted molar refractivity (Wildman–Crippen MR) is 150 cm³/mol. The quantitative estimate of drug-likeness (QED) is 0.190. The third kappa shape index (κ3) is 5.36. The first-order valence-corrected chi connectivity index (χ1v) is 13.3. The molecule has 4 aromatic carbocycles. The second-order valence-corrected chi connectivity index (χ2v) is 10.6. The third-order valence-corrected chi connectivity index (χ3v) is 7.82. The van der Waals surface area contributed by atoms with E-state index in [9.17, 15) is 36.6 Å². The monoisotopic (exact) mass is 590 g/mol. The van der Waals surface area contributed by atoms with Gasteiger partial charge in [0.25, 0.3) is 5.91 Å². The maximum Gasteiger partial charge on any atom is 0.416 e. The lowest BCUT2D eigenvalue weighted by molar-refractivity contribution is -0.137. The van der Waals surface area contributed by atoms with E-state index in [2.05, 4.69) is 5.32 Å². The van der Waals surface area contributed by atoms with Gasteiger partial charge in [0, 0.05) is 18.1 Å². The molecule has 0 aliphatic heterocycles. The smallest absolute Gasteiger partial charge is 0.416 e. The molecule has 1 fully saturated rings. The number of hydrogen-bond donors (Lipinski definition) is 2. The third-order valence-electron chi connectivity index (χ3n) is 7.82. The molecule has 1 aliphatic carbocycles. The highest BCUT2D eigenvalue weighted by Crippen LogP contribution is 2.46. The number of carbonyl (C=O) groups is 2. The van der Waals surface area contributed by atoms with Gasteiger partial charge in [-0.3, -0.25) is 4.79 Å². The molecule has 1 aromatic heterocycles. The molecular weight excluding hydrogens is 567 g/mol. The highest BCUT2D eigenvalue weighted by atomic mass is 19.4. The number of carboxylic acid groups (broad SMARTS) is 1. The first-order chi connectivity index (χ1) is 20.4. The predicted octanol–water partition coefficient (Wildman–Crippen LogP) is 7.77. The van der Waals surface area contributed by atoms with Crippen molar-refractivity contribution in [2.45, 2.75) is 31.1 Å². The lowest BCUT2D eigenvalue weighted by atomic mass is 9.97. The van der Waals surface area contributed by atoms with E-state index in [4.69, 9.17) is 0 Å². The van der Waals surface area contributed by atoms with Crippen LogP contribution in [0.4, 0.5) is 22.0 Å². The molecule has 6 rings (SSSR count). The zero-order valence-corrected chi connectivity index (χ0v) is 22.4. The molecule has 5 aromatic rings. The summed E-state index contributed by atoms with van der Waals surface area (Å²) < 4.78 is 68.9. The summed E-state index contributed by atoms with van der Waals surface area (Å²) in [5.41, 5.74) is 1.69. The molecule has 1 aliphatic rings. The van der Waals surface area contributed by atoms with E-state index in [1.54, 1.807) is 41.1 Å². The Bertz CT molecular complexity index is 1870. The number of carboxylic acids is 1. The van der Waals surface area contributed by atoms with Crippen LogP contribution in [0, 0.1) is 11.6 Å². The zero-order valence-electron chi connectivity index (χ0n) is 22.4. The summed E-state index contributed by atoms with van der Waals surface area (Å²) in [6, 6.07) is 19.5. The van der Waals surface area contributed by atoms with Crippen molar-refractivity contribution in [2.24, 2.45) is 0 Å². The lowest BCUT2D eigenvalue weighted by Crippen LogP contribution is -2.35. The number of hydrogen-bond acceptors (Lipinski definition) is 2. The number of nitrogens with one attached hydrogen (secondary N) is 1. The Kier molecular flexibility index (Phi) is 6.79. The number of rotatable bonds is 7. The van der Waals surface area contributed by atoms with Crippen molar-refractivity contribution in [3.63, 3.8) is 0 Å². The molecule has 0 atom stereocenters. The minimum absolute atomic E-state index is 0.126. The molecule has 1 saturated carbocycles. The number of nitrogens with zero attached hydrogens (tertiary/aromatic N) is 1. The van der Waals surface area contributed by atoms with Gasteiger partial charge in [-0.2, -0.15) is 13.2 Å². The summed E-state index contributed by atoms with van der Waals surface area (Å²) in [6.45, 7) is 0.144. The fourth-order valence-corrected chi connectivity index (χ4v) is 5.38. The Morgan fingerprint density at radius 3 is 2.16 bits per heavy atom. The molecular formula is C33H23F5N2O3. The number of amides is 1. The zero-order chi connectivity index (χ0) is 30.5. The van der Waals surface area contributed by atoms with Crippen LogP contribution in [0.1, 0.15) is 50.2 Å². The molecule has 2 N–H and O–H groups in total. The number of aromatic carboxylic acids is 1. The molecule has 0 unspecified atom stereocenters. The van der Waals surface area contributed by atoms with Crippen molar-refractivity contribution in [3.8, 4) is 11.1 Å². The topological polar surface area (TPSA) is 71.3 Å². The van der Waals surface area contributed by atoms with Gasteiger partial charge in [0.2, 0.25) is 0 Å². The minimum Gasteiger partial charge on any atom is -0.478 e. The van der Waals surface area contributed by atoms with E-state index < -0.39 is 40.8 Å². The number of carbonyl (C=O) groups excluding carboxylic acids is 1. The normalized spacial score (nSPS) is 14.1. The van der Waals surface area contributed by atoms with Gasteiger partial charge in [-0.25, -0.2) is 13.6 Å². The van der Waals surface area contributed by atoms with Gasteiger partial charge in [-0.1, -0.05) is 36.4 Å². The maximum absolute atomic E-state index is 14.1. The molecule has 43 heavy (non-hydrogen) atoms. The number of aromatic nitrogens is 1. The summed E-state index contributed by atoms with van der Waals surface area (Å²) in [5.74, 6) is -3.49. The number of benzene rings is 4. The van der Waals surface area contributed by atoms with Crippen molar-refractivity contribution in [3.05, 3.63) is 131 Å². The van der Waals surface area contributed by atoms with Crippen LogP contribution < -0.4 is 5.32 Å². The van der Waals surface area contributed by atoms with Gasteiger partial charge >= 0.3 is 12.1 Å². The molecule has 1 amide bonds. The van der Waals surface area contributed by atoms with Crippen LogP contribution in [0.2, 0.25) is 0 Å². The van der Waals surface area contributed by atoms with Crippen molar-refractivity contribution in [2.75, 3.05) is 0 Å². The minimum atomic E-state index is -4.48. The van der Waals surface area contributed by atoms with E-state index in [0.29, 0.717) is 40.4 Å². The van der Waals surface area contributed by atoms with Crippen LogP contribution in [0.5, 0.6) is 0 Å². The Labute approximate surface area is 242 Å². The fraction of sp³-hybridized carbons (Fsp3) is 0.152. The Balaban J connectivity index is 1.40. The van der Waals surface area contributed by atoms with Crippen molar-refractivity contribution >= 4 is 22.8 Å². The highest BCUT2D eigenvalue weighted by molar-refractivity contribution is 6.10. The molecule has 0 spiro atoms. The van der Waals surface area contributed by atoms with E-state index in [1.807, 2.05) is 0 Å². The summed E-state index contributed by atoms with van der Waals surface area (Å²) in [4.78, 5) is 25.1. The Hall–Kier alpha value is -4.99. The van der Waals surface area contributed by atoms with Crippen LogP contribution in [-0.4, -0.2) is 21.6 Å². The van der Waals surface area contributed by atoms with E-state index in [-0.39, 0.29) is 17.7 Å².